The average Bonchev–Trinajstić information content (AvgIpc) is 2.72. The van der Waals surface area contributed by atoms with Crippen LogP contribution in [0, 0.1) is 6.92 Å². The first-order valence-corrected chi connectivity index (χ1v) is 11.5. The van der Waals surface area contributed by atoms with Crippen LogP contribution in [0.3, 0.4) is 0 Å². The van der Waals surface area contributed by atoms with Gasteiger partial charge in [0.05, 0.1) is 38.0 Å². The first-order chi connectivity index (χ1) is 15.1. The van der Waals surface area contributed by atoms with Crippen molar-refractivity contribution in [2.45, 2.75) is 6.92 Å². The summed E-state index contributed by atoms with van der Waals surface area (Å²) in [6, 6.07) is 7.99. The Balaban J connectivity index is 1.93. The largest absolute Gasteiger partial charge is 0.504 e. The van der Waals surface area contributed by atoms with Crippen LogP contribution < -0.4 is 24.8 Å². The van der Waals surface area contributed by atoms with Gasteiger partial charge in [-0.2, -0.15) is 4.98 Å². The van der Waals surface area contributed by atoms with Gasteiger partial charge >= 0.3 is 0 Å². The monoisotopic (exact) mass is 479 g/mol. The van der Waals surface area contributed by atoms with E-state index in [-0.39, 0.29) is 28.2 Å². The van der Waals surface area contributed by atoms with E-state index in [9.17, 15) is 13.5 Å². The summed E-state index contributed by atoms with van der Waals surface area (Å²) >= 11 is 6.25. The van der Waals surface area contributed by atoms with E-state index >= 15 is 0 Å². The van der Waals surface area contributed by atoms with Gasteiger partial charge in [0.1, 0.15) is 10.8 Å². The molecule has 0 aliphatic carbocycles. The lowest BCUT2D eigenvalue weighted by molar-refractivity contribution is 0.373. The molecule has 0 unspecified atom stereocenters. The van der Waals surface area contributed by atoms with E-state index in [0.717, 1.165) is 11.8 Å². The number of nitrogens with one attached hydrogen (secondary N) is 3. The molecular weight excluding hydrogens is 458 g/mol. The number of phenols is 1. The molecule has 32 heavy (non-hydrogen) atoms. The number of aromatic hydroxyl groups is 1. The quantitative estimate of drug-likeness (QED) is 0.377. The van der Waals surface area contributed by atoms with Gasteiger partial charge in [0, 0.05) is 17.8 Å². The fraction of sp³-hybridized carbons (Fsp3) is 0.200. The average molecular weight is 480 g/mol. The number of phenolic OH excluding ortho intramolecular Hbond substituents is 1. The molecule has 3 rings (SSSR count). The second-order valence-corrected chi connectivity index (χ2v) is 8.92. The van der Waals surface area contributed by atoms with Crippen LogP contribution >= 0.6 is 11.6 Å². The van der Waals surface area contributed by atoms with Crippen molar-refractivity contribution < 1.29 is 23.0 Å². The molecule has 3 aromatic rings. The molecular formula is C20H22ClN5O5S. The number of sulfonamides is 1. The third-order valence-corrected chi connectivity index (χ3v) is 5.16. The van der Waals surface area contributed by atoms with Crippen molar-refractivity contribution in [3.05, 3.63) is 47.1 Å². The van der Waals surface area contributed by atoms with Crippen molar-refractivity contribution in [1.29, 1.82) is 0 Å². The maximum absolute atomic E-state index is 11.8. The lowest BCUT2D eigenvalue weighted by atomic mass is 10.2. The van der Waals surface area contributed by atoms with E-state index in [1.165, 1.54) is 32.5 Å². The van der Waals surface area contributed by atoms with E-state index < -0.39 is 10.0 Å². The number of benzene rings is 2. The minimum absolute atomic E-state index is 0.0392. The minimum atomic E-state index is -3.55. The predicted molar refractivity (Wildman–Crippen MR) is 124 cm³/mol. The number of ether oxygens (including phenoxy) is 2. The fourth-order valence-corrected chi connectivity index (χ4v) is 3.48. The highest BCUT2D eigenvalue weighted by atomic mass is 35.5. The number of halogens is 1. The van der Waals surface area contributed by atoms with E-state index in [1.807, 2.05) is 6.92 Å². The summed E-state index contributed by atoms with van der Waals surface area (Å²) in [5.41, 5.74) is 2.02. The molecule has 0 saturated carbocycles. The molecule has 1 aromatic heterocycles. The zero-order valence-corrected chi connectivity index (χ0v) is 19.3. The number of hydrogen-bond acceptors (Lipinski definition) is 9. The zero-order valence-electron chi connectivity index (χ0n) is 17.7. The fourth-order valence-electron chi connectivity index (χ4n) is 2.77. The number of hydrogen-bond donors (Lipinski definition) is 4. The number of methoxy groups -OCH3 is 2. The molecule has 0 amide bonds. The Kier molecular flexibility index (Phi) is 6.80. The topological polar surface area (TPSA) is 135 Å². The Bertz CT molecular complexity index is 1250. The van der Waals surface area contributed by atoms with Crippen molar-refractivity contribution in [2.75, 3.05) is 35.8 Å². The Labute approximate surface area is 190 Å². The second-order valence-electron chi connectivity index (χ2n) is 6.76. The zero-order chi connectivity index (χ0) is 23.5. The van der Waals surface area contributed by atoms with Crippen LogP contribution in [0.15, 0.2) is 36.5 Å². The van der Waals surface area contributed by atoms with Gasteiger partial charge in [0.25, 0.3) is 0 Å². The van der Waals surface area contributed by atoms with Gasteiger partial charge in [-0.1, -0.05) is 11.6 Å². The molecule has 2 aromatic carbocycles. The van der Waals surface area contributed by atoms with Crippen LogP contribution in [0.1, 0.15) is 5.56 Å². The number of nitrogens with zero attached hydrogens (tertiary/aromatic N) is 2. The van der Waals surface area contributed by atoms with Crippen LogP contribution in [-0.2, 0) is 10.0 Å². The van der Waals surface area contributed by atoms with Crippen molar-refractivity contribution in [2.24, 2.45) is 0 Å². The Morgan fingerprint density at radius 1 is 1.03 bits per heavy atom. The number of anilines is 5. The molecule has 12 heteroatoms. The van der Waals surface area contributed by atoms with Gasteiger partial charge in [0.2, 0.25) is 16.0 Å². The van der Waals surface area contributed by atoms with Gasteiger partial charge in [-0.3, -0.25) is 4.72 Å². The molecule has 10 nitrogen and oxygen atoms in total. The lowest BCUT2D eigenvalue weighted by Gasteiger charge is -2.16. The maximum atomic E-state index is 11.8. The molecule has 0 aliphatic rings. The number of aromatic nitrogens is 2. The molecule has 0 radical (unpaired) electrons. The van der Waals surface area contributed by atoms with E-state index in [1.54, 1.807) is 18.2 Å². The SMILES string of the molecule is COc1ccc(Nc2nc(Nc3cc(O)c(OC)cc3C)ncc2Cl)c(NS(C)(=O)=O)c1. The smallest absolute Gasteiger partial charge is 0.229 e. The van der Waals surface area contributed by atoms with Crippen molar-refractivity contribution in [3.8, 4) is 17.2 Å². The normalized spacial score (nSPS) is 11.0. The highest BCUT2D eigenvalue weighted by Crippen LogP contribution is 2.35. The summed E-state index contributed by atoms with van der Waals surface area (Å²) in [6.07, 6.45) is 2.44. The maximum Gasteiger partial charge on any atom is 0.229 e. The first kappa shape index (κ1) is 23.2. The summed E-state index contributed by atoms with van der Waals surface area (Å²) in [7, 11) is -0.605. The van der Waals surface area contributed by atoms with Crippen molar-refractivity contribution in [1.82, 2.24) is 9.97 Å². The molecule has 0 spiro atoms. The second kappa shape index (κ2) is 9.37. The summed E-state index contributed by atoms with van der Waals surface area (Å²) in [4.78, 5) is 8.53. The minimum Gasteiger partial charge on any atom is -0.504 e. The van der Waals surface area contributed by atoms with Crippen LogP contribution in [-0.4, -0.2) is 44.0 Å². The standard InChI is InChI=1S/C20H22ClN5O5S/c1-11-7-18(31-3)17(27)9-15(11)24-20-22-10-13(21)19(25-20)23-14-6-5-12(30-2)8-16(14)26-32(4,28)29/h5-10,26-27H,1-4H3,(H2,22,23,24,25). The van der Waals surface area contributed by atoms with Gasteiger partial charge in [-0.25, -0.2) is 13.4 Å². The van der Waals surface area contributed by atoms with E-state index in [4.69, 9.17) is 21.1 Å². The third-order valence-electron chi connectivity index (χ3n) is 4.29. The molecule has 0 bridgehead atoms. The van der Waals surface area contributed by atoms with Crippen molar-refractivity contribution >= 4 is 50.5 Å². The van der Waals surface area contributed by atoms with E-state index in [0.29, 0.717) is 22.9 Å². The van der Waals surface area contributed by atoms with Gasteiger partial charge in [-0.05, 0) is 30.7 Å². The van der Waals surface area contributed by atoms with Crippen LogP contribution in [0.25, 0.3) is 0 Å². The molecule has 4 N–H and O–H groups in total. The first-order valence-electron chi connectivity index (χ1n) is 9.19. The summed E-state index contributed by atoms with van der Waals surface area (Å²) < 4.78 is 36.2. The molecule has 0 saturated heterocycles. The van der Waals surface area contributed by atoms with E-state index in [2.05, 4.69) is 25.3 Å². The van der Waals surface area contributed by atoms with Crippen LogP contribution in [0.2, 0.25) is 5.02 Å². The Morgan fingerprint density at radius 3 is 2.44 bits per heavy atom. The van der Waals surface area contributed by atoms with Crippen LogP contribution in [0.5, 0.6) is 17.2 Å². The summed E-state index contributed by atoms with van der Waals surface area (Å²) in [6.45, 7) is 1.83. The number of aryl methyl sites for hydroxylation is 1. The summed E-state index contributed by atoms with van der Waals surface area (Å²) in [5, 5.41) is 16.3. The van der Waals surface area contributed by atoms with Crippen molar-refractivity contribution in [3.63, 3.8) is 0 Å². The Morgan fingerprint density at radius 2 is 1.78 bits per heavy atom. The predicted octanol–water partition coefficient (Wildman–Crippen LogP) is 4.02. The lowest BCUT2D eigenvalue weighted by Crippen LogP contribution is -2.11. The molecule has 0 aliphatic heterocycles. The highest BCUT2D eigenvalue weighted by Gasteiger charge is 2.14. The highest BCUT2D eigenvalue weighted by molar-refractivity contribution is 7.92. The van der Waals surface area contributed by atoms with Gasteiger partial charge < -0.3 is 25.2 Å². The third kappa shape index (κ3) is 5.62. The number of rotatable bonds is 8. The Hall–Kier alpha value is -3.44. The van der Waals surface area contributed by atoms with Gasteiger partial charge in [-0.15, -0.1) is 0 Å². The molecule has 0 fully saturated rings. The summed E-state index contributed by atoms with van der Waals surface area (Å²) in [5.74, 6) is 1.21. The molecule has 170 valence electrons. The van der Waals surface area contributed by atoms with Gasteiger partial charge in [0.15, 0.2) is 17.3 Å². The van der Waals surface area contributed by atoms with Crippen LogP contribution in [0.4, 0.5) is 28.8 Å². The molecule has 1 heterocycles. The molecule has 0 atom stereocenters.